The van der Waals surface area contributed by atoms with Crippen molar-refractivity contribution in [3.63, 3.8) is 0 Å². The molecule has 24 heavy (non-hydrogen) atoms. The van der Waals surface area contributed by atoms with Crippen LogP contribution in [0.25, 0.3) is 10.8 Å². The molecule has 0 spiro atoms. The summed E-state index contributed by atoms with van der Waals surface area (Å²) in [5.74, 6) is 0. The highest BCUT2D eigenvalue weighted by Gasteiger charge is 2.40. The third-order valence-corrected chi connectivity index (χ3v) is 4.16. The van der Waals surface area contributed by atoms with Crippen molar-refractivity contribution in [2.75, 3.05) is 16.3 Å². The highest BCUT2D eigenvalue weighted by molar-refractivity contribution is 6.11. The van der Waals surface area contributed by atoms with Gasteiger partial charge in [0, 0.05) is 30.2 Å². The summed E-state index contributed by atoms with van der Waals surface area (Å²) in [6, 6.07) is 9.10. The third-order valence-electron chi connectivity index (χ3n) is 4.16. The van der Waals surface area contributed by atoms with Crippen LogP contribution in [0.15, 0.2) is 49.1 Å². The first-order valence-corrected chi connectivity index (χ1v) is 7.51. The predicted molar refractivity (Wildman–Crippen MR) is 89.6 cm³/mol. The Bertz CT molecular complexity index is 967. The molecule has 0 N–H and O–H groups in total. The van der Waals surface area contributed by atoms with Crippen LogP contribution >= 0.6 is 0 Å². The van der Waals surface area contributed by atoms with Crippen LogP contribution in [0.3, 0.4) is 0 Å². The highest BCUT2D eigenvalue weighted by atomic mass is 16.2. The van der Waals surface area contributed by atoms with E-state index in [0.717, 1.165) is 10.8 Å². The summed E-state index contributed by atoms with van der Waals surface area (Å²) < 4.78 is 1.63. The monoisotopic (exact) mass is 318 g/mol. The van der Waals surface area contributed by atoms with Gasteiger partial charge >= 0.3 is 6.03 Å². The maximum Gasteiger partial charge on any atom is 0.330 e. The minimum atomic E-state index is -0.578. The van der Waals surface area contributed by atoms with Gasteiger partial charge in [0.05, 0.1) is 36.4 Å². The second-order valence-electron chi connectivity index (χ2n) is 5.66. The highest BCUT2D eigenvalue weighted by Crippen LogP contribution is 2.32. The fraction of sp³-hybridized carbons (Fsp3) is 0.176. The number of benzene rings is 1. The largest absolute Gasteiger partial charge is 0.330 e. The zero-order valence-corrected chi connectivity index (χ0v) is 13.0. The molecule has 1 saturated heterocycles. The standard InChI is InChI=1S/C17H14N6O/c1-21-10-14(8-20-21)22-11-13(6-18)23(17(22)24)16-9-19-7-12-4-2-3-5-15(12)16/h2-5,7-10,13H,11H2,1H3/t13-/m0/s1. The van der Waals surface area contributed by atoms with Crippen LogP contribution in [0, 0.1) is 11.3 Å². The van der Waals surface area contributed by atoms with Gasteiger partial charge in [-0.1, -0.05) is 24.3 Å². The topological polar surface area (TPSA) is 78.0 Å². The van der Waals surface area contributed by atoms with Crippen molar-refractivity contribution in [2.45, 2.75) is 6.04 Å². The number of hydrogen-bond donors (Lipinski definition) is 0. The van der Waals surface area contributed by atoms with Crippen molar-refractivity contribution >= 4 is 28.2 Å². The lowest BCUT2D eigenvalue weighted by Crippen LogP contribution is -2.34. The van der Waals surface area contributed by atoms with Crippen molar-refractivity contribution in [3.05, 3.63) is 49.1 Å². The van der Waals surface area contributed by atoms with Gasteiger partial charge in [-0.15, -0.1) is 0 Å². The summed E-state index contributed by atoms with van der Waals surface area (Å²) in [4.78, 5) is 20.3. The molecule has 1 aliphatic heterocycles. The van der Waals surface area contributed by atoms with E-state index in [1.807, 2.05) is 24.3 Å². The van der Waals surface area contributed by atoms with Gasteiger partial charge in [0.15, 0.2) is 0 Å². The Morgan fingerprint density at radius 3 is 2.83 bits per heavy atom. The number of nitriles is 1. The van der Waals surface area contributed by atoms with E-state index in [9.17, 15) is 10.1 Å². The molecule has 0 radical (unpaired) electrons. The van der Waals surface area contributed by atoms with E-state index >= 15 is 0 Å². The molecule has 1 fully saturated rings. The van der Waals surface area contributed by atoms with Gasteiger partial charge in [-0.3, -0.25) is 19.5 Å². The molecule has 1 aromatic carbocycles. The van der Waals surface area contributed by atoms with Crippen LogP contribution < -0.4 is 9.80 Å². The number of hydrogen-bond acceptors (Lipinski definition) is 4. The first-order chi connectivity index (χ1) is 11.7. The summed E-state index contributed by atoms with van der Waals surface area (Å²) in [6.45, 7) is 0.296. The zero-order valence-electron chi connectivity index (χ0n) is 13.0. The van der Waals surface area contributed by atoms with Crippen molar-refractivity contribution in [3.8, 4) is 6.07 Å². The van der Waals surface area contributed by atoms with Crippen LogP contribution in [-0.4, -0.2) is 33.4 Å². The predicted octanol–water partition coefficient (Wildman–Crippen LogP) is 2.31. The van der Waals surface area contributed by atoms with Gasteiger partial charge < -0.3 is 0 Å². The molecule has 2 aromatic heterocycles. The fourth-order valence-electron chi connectivity index (χ4n) is 3.02. The number of urea groups is 1. The number of anilines is 2. The molecule has 1 atom stereocenters. The first kappa shape index (κ1) is 14.2. The number of carbonyl (C=O) groups is 1. The minimum absolute atomic E-state index is 0.243. The number of carbonyl (C=O) groups excluding carboxylic acids is 1. The molecule has 0 unspecified atom stereocenters. The van der Waals surface area contributed by atoms with Crippen LogP contribution in [0.4, 0.5) is 16.2 Å². The lowest BCUT2D eigenvalue weighted by molar-refractivity contribution is 0.255. The van der Waals surface area contributed by atoms with E-state index < -0.39 is 6.04 Å². The Morgan fingerprint density at radius 1 is 1.25 bits per heavy atom. The summed E-state index contributed by atoms with van der Waals surface area (Å²) in [5.41, 5.74) is 1.33. The van der Waals surface area contributed by atoms with E-state index in [-0.39, 0.29) is 6.03 Å². The quantitative estimate of drug-likeness (QED) is 0.726. The van der Waals surface area contributed by atoms with Gasteiger partial charge in [-0.2, -0.15) is 10.4 Å². The number of nitrogens with zero attached hydrogens (tertiary/aromatic N) is 6. The fourth-order valence-corrected chi connectivity index (χ4v) is 3.02. The number of amides is 2. The Balaban J connectivity index is 1.81. The minimum Gasteiger partial charge on any atom is -0.288 e. The molecule has 7 heteroatoms. The smallest absolute Gasteiger partial charge is 0.288 e. The maximum absolute atomic E-state index is 13.0. The van der Waals surface area contributed by atoms with Crippen molar-refractivity contribution < 1.29 is 4.79 Å². The summed E-state index contributed by atoms with van der Waals surface area (Å²) >= 11 is 0. The molecule has 7 nitrogen and oxygen atoms in total. The maximum atomic E-state index is 13.0. The summed E-state index contributed by atoms with van der Waals surface area (Å²) in [6.07, 6.45) is 6.77. The Kier molecular flexibility index (Phi) is 3.17. The molecule has 0 aliphatic carbocycles. The average Bonchev–Trinajstić information content (AvgIpc) is 3.17. The average molecular weight is 318 g/mol. The second kappa shape index (κ2) is 5.35. The molecule has 1 aliphatic rings. The van der Waals surface area contributed by atoms with Gasteiger partial charge in [0.2, 0.25) is 0 Å². The van der Waals surface area contributed by atoms with Crippen molar-refractivity contribution in [2.24, 2.45) is 7.05 Å². The Labute approximate surface area is 138 Å². The zero-order chi connectivity index (χ0) is 16.7. The van der Waals surface area contributed by atoms with Gasteiger partial charge in [-0.25, -0.2) is 4.79 Å². The number of aromatic nitrogens is 3. The molecule has 118 valence electrons. The Morgan fingerprint density at radius 2 is 2.08 bits per heavy atom. The second-order valence-corrected chi connectivity index (χ2v) is 5.66. The van der Waals surface area contributed by atoms with Gasteiger partial charge in [-0.05, 0) is 0 Å². The molecule has 3 aromatic rings. The van der Waals surface area contributed by atoms with Crippen molar-refractivity contribution in [1.82, 2.24) is 14.8 Å². The van der Waals surface area contributed by atoms with Crippen LogP contribution in [-0.2, 0) is 7.05 Å². The molecular formula is C17H14N6O. The van der Waals surface area contributed by atoms with E-state index in [0.29, 0.717) is 17.9 Å². The molecule has 0 bridgehead atoms. The number of fused-ring (bicyclic) bond motifs is 1. The van der Waals surface area contributed by atoms with E-state index in [2.05, 4.69) is 16.2 Å². The van der Waals surface area contributed by atoms with E-state index in [1.165, 1.54) is 4.90 Å². The first-order valence-electron chi connectivity index (χ1n) is 7.51. The SMILES string of the molecule is Cn1cc(N2C[C@H](C#N)N(c3cncc4ccccc34)C2=O)cn1. The lowest BCUT2D eigenvalue weighted by Gasteiger charge is -2.20. The molecule has 3 heterocycles. The van der Waals surface area contributed by atoms with E-state index in [4.69, 9.17) is 0 Å². The normalized spacial score (nSPS) is 17.5. The number of pyridine rings is 1. The Hall–Kier alpha value is -3.40. The number of rotatable bonds is 2. The van der Waals surface area contributed by atoms with Crippen molar-refractivity contribution in [1.29, 1.82) is 5.26 Å². The molecule has 4 rings (SSSR count). The van der Waals surface area contributed by atoms with Gasteiger partial charge in [0.1, 0.15) is 6.04 Å². The molecule has 2 amide bonds. The number of aryl methyl sites for hydroxylation is 1. The summed E-state index contributed by atoms with van der Waals surface area (Å²) in [5, 5.41) is 15.5. The van der Waals surface area contributed by atoms with Crippen LogP contribution in [0.2, 0.25) is 0 Å². The summed E-state index contributed by atoms with van der Waals surface area (Å²) in [7, 11) is 1.79. The third kappa shape index (κ3) is 2.08. The molecular weight excluding hydrogens is 304 g/mol. The van der Waals surface area contributed by atoms with E-state index in [1.54, 1.807) is 41.4 Å². The van der Waals surface area contributed by atoms with Crippen LogP contribution in [0.1, 0.15) is 0 Å². The molecule has 0 saturated carbocycles. The van der Waals surface area contributed by atoms with Gasteiger partial charge in [0.25, 0.3) is 0 Å². The van der Waals surface area contributed by atoms with Crippen LogP contribution in [0.5, 0.6) is 0 Å². The lowest BCUT2D eigenvalue weighted by atomic mass is 10.1.